The summed E-state index contributed by atoms with van der Waals surface area (Å²) < 4.78 is 13.7. The number of aromatic nitrogens is 2. The predicted molar refractivity (Wildman–Crippen MR) is 115 cm³/mol. The predicted octanol–water partition coefficient (Wildman–Crippen LogP) is 2.59. The number of imidazole rings is 1. The number of nitrogens with one attached hydrogen (secondary N) is 1. The minimum Gasteiger partial charge on any atom is -0.497 e. The molecule has 1 N–H and O–H groups in total. The molecule has 1 aromatic carbocycles. The first-order valence-corrected chi connectivity index (χ1v) is 10.8. The normalized spacial score (nSPS) is 17.7. The smallest absolute Gasteiger partial charge is 0.255 e. The highest BCUT2D eigenvalue weighted by Gasteiger charge is 2.41. The van der Waals surface area contributed by atoms with Crippen molar-refractivity contribution in [3.63, 3.8) is 0 Å². The molecule has 4 rings (SSSR count). The molecule has 0 radical (unpaired) electrons. The summed E-state index contributed by atoms with van der Waals surface area (Å²) in [5.41, 5.74) is -0.00312. The van der Waals surface area contributed by atoms with Crippen molar-refractivity contribution in [3.05, 3.63) is 42.0 Å². The summed E-state index contributed by atoms with van der Waals surface area (Å²) in [7, 11) is 1.59. The number of nitrogens with zero attached hydrogens (tertiary/aromatic N) is 3. The Morgan fingerprint density at radius 2 is 2.10 bits per heavy atom. The van der Waals surface area contributed by atoms with Crippen LogP contribution in [0.1, 0.15) is 55.2 Å². The topological polar surface area (TPSA) is 85.7 Å². The molecule has 1 spiro atoms. The number of hydrogen-bond donors (Lipinski definition) is 1. The molecule has 8 nitrogen and oxygen atoms in total. The van der Waals surface area contributed by atoms with Crippen LogP contribution in [-0.4, -0.2) is 58.6 Å². The molecule has 2 aromatic rings. The van der Waals surface area contributed by atoms with Gasteiger partial charge in [-0.05, 0) is 12.1 Å². The molecule has 31 heavy (non-hydrogen) atoms. The molecule has 1 aromatic heterocycles. The van der Waals surface area contributed by atoms with Gasteiger partial charge < -0.3 is 24.3 Å². The first-order chi connectivity index (χ1) is 14.9. The number of likely N-dealkylation sites (tertiary alicyclic amines) is 1. The van der Waals surface area contributed by atoms with Gasteiger partial charge in [-0.15, -0.1) is 0 Å². The van der Waals surface area contributed by atoms with E-state index >= 15 is 0 Å². The van der Waals surface area contributed by atoms with Crippen molar-refractivity contribution in [3.8, 4) is 11.5 Å². The maximum Gasteiger partial charge on any atom is 0.255 e. The molecule has 0 saturated carbocycles. The number of aryl methyl sites for hydroxylation is 1. The zero-order chi connectivity index (χ0) is 22.0. The summed E-state index contributed by atoms with van der Waals surface area (Å²) in [6.45, 7) is 6.48. The van der Waals surface area contributed by atoms with Crippen molar-refractivity contribution in [2.24, 2.45) is 0 Å². The number of methoxy groups -OCH3 is 1. The van der Waals surface area contributed by atoms with Gasteiger partial charge in [0.2, 0.25) is 5.91 Å². The highest BCUT2D eigenvalue weighted by Crippen LogP contribution is 2.35. The van der Waals surface area contributed by atoms with Crippen LogP contribution in [0, 0.1) is 0 Å². The van der Waals surface area contributed by atoms with Crippen LogP contribution in [0.25, 0.3) is 0 Å². The van der Waals surface area contributed by atoms with Crippen molar-refractivity contribution in [1.82, 2.24) is 19.8 Å². The van der Waals surface area contributed by atoms with Gasteiger partial charge in [0.1, 0.15) is 22.9 Å². The van der Waals surface area contributed by atoms with Crippen LogP contribution in [0.5, 0.6) is 11.5 Å². The van der Waals surface area contributed by atoms with E-state index in [0.717, 1.165) is 5.82 Å². The van der Waals surface area contributed by atoms with Gasteiger partial charge in [-0.1, -0.05) is 13.8 Å². The van der Waals surface area contributed by atoms with Gasteiger partial charge >= 0.3 is 0 Å². The molecule has 2 aliphatic rings. The fourth-order valence-corrected chi connectivity index (χ4v) is 4.33. The van der Waals surface area contributed by atoms with Gasteiger partial charge in [0.25, 0.3) is 5.91 Å². The number of hydrogen-bond acceptors (Lipinski definition) is 5. The summed E-state index contributed by atoms with van der Waals surface area (Å²) in [5, 5.41) is 2.98. The number of fused-ring (bicyclic) bond motifs is 1. The van der Waals surface area contributed by atoms with Crippen molar-refractivity contribution >= 4 is 11.8 Å². The minimum absolute atomic E-state index is 0.137. The third-order valence-corrected chi connectivity index (χ3v) is 6.19. The average Bonchev–Trinajstić information content (AvgIpc) is 3.20. The monoisotopic (exact) mass is 426 g/mol. The van der Waals surface area contributed by atoms with Crippen molar-refractivity contribution in [2.75, 3.05) is 26.7 Å². The van der Waals surface area contributed by atoms with E-state index < -0.39 is 5.60 Å². The third-order valence-electron chi connectivity index (χ3n) is 6.19. The van der Waals surface area contributed by atoms with Crippen LogP contribution in [-0.2, 0) is 11.3 Å². The van der Waals surface area contributed by atoms with Gasteiger partial charge in [0.15, 0.2) is 0 Å². The lowest BCUT2D eigenvalue weighted by Crippen LogP contribution is -2.54. The first kappa shape index (κ1) is 21.2. The molecule has 166 valence electrons. The number of amides is 2. The highest BCUT2D eigenvalue weighted by molar-refractivity contribution is 5.97. The number of piperidine rings is 1. The van der Waals surface area contributed by atoms with Crippen LogP contribution < -0.4 is 14.8 Å². The Balaban J connectivity index is 1.38. The summed E-state index contributed by atoms with van der Waals surface area (Å²) in [6, 6.07) is 5.24. The van der Waals surface area contributed by atoms with E-state index in [0.29, 0.717) is 68.4 Å². The molecule has 0 aliphatic carbocycles. The largest absolute Gasteiger partial charge is 0.497 e. The lowest BCUT2D eigenvalue weighted by atomic mass is 9.90. The lowest BCUT2D eigenvalue weighted by molar-refractivity contribution is -0.134. The number of ether oxygens (including phenoxy) is 2. The number of carbonyl (C=O) groups is 2. The average molecular weight is 427 g/mol. The summed E-state index contributed by atoms with van der Waals surface area (Å²) >= 11 is 0. The fourth-order valence-electron chi connectivity index (χ4n) is 4.33. The zero-order valence-corrected chi connectivity index (χ0v) is 18.4. The second-order valence-corrected chi connectivity index (χ2v) is 8.59. The second-order valence-electron chi connectivity index (χ2n) is 8.59. The Labute approximate surface area is 182 Å². The van der Waals surface area contributed by atoms with E-state index in [1.807, 2.05) is 11.1 Å². The molecule has 2 amide bonds. The Kier molecular flexibility index (Phi) is 5.89. The summed E-state index contributed by atoms with van der Waals surface area (Å²) in [4.78, 5) is 31.6. The van der Waals surface area contributed by atoms with Crippen molar-refractivity contribution in [2.45, 2.75) is 51.2 Å². The van der Waals surface area contributed by atoms with Crippen LogP contribution in [0.4, 0.5) is 0 Å². The number of benzene rings is 1. The van der Waals surface area contributed by atoms with Crippen molar-refractivity contribution in [1.29, 1.82) is 0 Å². The maximum absolute atomic E-state index is 12.8. The summed E-state index contributed by atoms with van der Waals surface area (Å²) in [5.74, 6) is 2.50. The van der Waals surface area contributed by atoms with Crippen LogP contribution >= 0.6 is 0 Å². The van der Waals surface area contributed by atoms with Crippen LogP contribution in [0.2, 0.25) is 0 Å². The molecule has 1 fully saturated rings. The molecule has 1 saturated heterocycles. The molecular weight excluding hydrogens is 396 g/mol. The van der Waals surface area contributed by atoms with Gasteiger partial charge in [-0.3, -0.25) is 9.59 Å². The van der Waals surface area contributed by atoms with E-state index in [-0.39, 0.29) is 11.8 Å². The van der Waals surface area contributed by atoms with E-state index in [1.54, 1.807) is 31.5 Å². The van der Waals surface area contributed by atoms with E-state index in [2.05, 4.69) is 28.7 Å². The van der Waals surface area contributed by atoms with Gasteiger partial charge in [-0.25, -0.2) is 4.98 Å². The Hall–Kier alpha value is -3.03. The standard InChI is InChI=1S/C23H30N4O4/c1-16(2)21-24-9-13-27(21)10-6-20(28)26-11-7-23(8-12-26)15-25-22(29)18-5-4-17(30-3)14-19(18)31-23/h4-5,9,13-14,16H,6-8,10-12,15H2,1-3H3,(H,25,29). The fraction of sp³-hybridized carbons (Fsp3) is 0.522. The van der Waals surface area contributed by atoms with Crippen LogP contribution in [0.3, 0.4) is 0 Å². The molecule has 8 heteroatoms. The maximum atomic E-state index is 12.8. The van der Waals surface area contributed by atoms with Crippen molar-refractivity contribution < 1.29 is 19.1 Å². The molecule has 0 unspecified atom stereocenters. The van der Waals surface area contributed by atoms with Crippen LogP contribution in [0.15, 0.2) is 30.6 Å². The minimum atomic E-state index is -0.515. The molecule has 0 atom stereocenters. The first-order valence-electron chi connectivity index (χ1n) is 10.8. The molecule has 3 heterocycles. The van der Waals surface area contributed by atoms with Gasteiger partial charge in [-0.2, -0.15) is 0 Å². The quantitative estimate of drug-likeness (QED) is 0.794. The Morgan fingerprint density at radius 1 is 1.32 bits per heavy atom. The van der Waals surface area contributed by atoms with Gasteiger partial charge in [0, 0.05) is 63.3 Å². The lowest BCUT2D eigenvalue weighted by Gasteiger charge is -2.41. The van der Waals surface area contributed by atoms with E-state index in [9.17, 15) is 9.59 Å². The molecular formula is C23H30N4O4. The number of carbonyl (C=O) groups excluding carboxylic acids is 2. The second kappa shape index (κ2) is 8.61. The highest BCUT2D eigenvalue weighted by atomic mass is 16.5. The summed E-state index contributed by atoms with van der Waals surface area (Å²) in [6.07, 6.45) is 5.49. The SMILES string of the molecule is COc1ccc2c(c1)OC1(CCN(C(=O)CCn3ccnc3C(C)C)CC1)CNC2=O. The molecule has 2 aliphatic heterocycles. The van der Waals surface area contributed by atoms with E-state index in [1.165, 1.54) is 0 Å². The molecule has 0 bridgehead atoms. The number of rotatable bonds is 5. The third kappa shape index (κ3) is 4.38. The Bertz CT molecular complexity index is 960. The Morgan fingerprint density at radius 3 is 2.81 bits per heavy atom. The van der Waals surface area contributed by atoms with E-state index in [4.69, 9.17) is 9.47 Å². The van der Waals surface area contributed by atoms with Gasteiger partial charge in [0.05, 0.1) is 19.2 Å². The zero-order valence-electron chi connectivity index (χ0n) is 18.4.